The Balaban J connectivity index is 0.00000180. The van der Waals surface area contributed by atoms with Gasteiger partial charge in [0.2, 0.25) is 0 Å². The van der Waals surface area contributed by atoms with Gasteiger partial charge in [-0.25, -0.2) is 0 Å². The number of hydrogen-bond donors (Lipinski definition) is 1. The molecule has 1 aromatic rings. The number of likely N-dealkylation sites (tertiary alicyclic amines) is 1. The molecular formula is C15H24IN3. The number of nitrogens with zero attached hydrogens (tertiary/aromatic N) is 2. The highest BCUT2D eigenvalue weighted by atomic mass is 127. The van der Waals surface area contributed by atoms with Gasteiger partial charge in [0.1, 0.15) is 0 Å². The number of rotatable bonds is 3. The Morgan fingerprint density at radius 2 is 1.89 bits per heavy atom. The Kier molecular flexibility index (Phi) is 7.20. The number of nitrogens with two attached hydrogens (primary N) is 1. The molecule has 0 unspecified atom stereocenters. The van der Waals surface area contributed by atoms with Crippen LogP contribution in [-0.2, 0) is 6.42 Å². The molecule has 1 saturated heterocycles. The molecule has 2 rings (SSSR count). The molecule has 0 atom stereocenters. The van der Waals surface area contributed by atoms with Crippen molar-refractivity contribution >= 4 is 29.9 Å². The van der Waals surface area contributed by atoms with Gasteiger partial charge in [0.15, 0.2) is 5.96 Å². The van der Waals surface area contributed by atoms with Gasteiger partial charge < -0.3 is 10.6 Å². The summed E-state index contributed by atoms with van der Waals surface area (Å²) in [4.78, 5) is 6.49. The molecule has 106 valence electrons. The largest absolute Gasteiger partial charge is 0.370 e. The minimum atomic E-state index is 0. The lowest BCUT2D eigenvalue weighted by molar-refractivity contribution is 0.263. The van der Waals surface area contributed by atoms with Crippen LogP contribution in [0.2, 0.25) is 0 Å². The maximum Gasteiger partial charge on any atom is 0.191 e. The van der Waals surface area contributed by atoms with E-state index < -0.39 is 0 Å². The van der Waals surface area contributed by atoms with E-state index >= 15 is 0 Å². The molecule has 4 heteroatoms. The van der Waals surface area contributed by atoms with Crippen LogP contribution in [0.3, 0.4) is 0 Å². The average molecular weight is 373 g/mol. The monoisotopic (exact) mass is 373 g/mol. The van der Waals surface area contributed by atoms with Crippen LogP contribution >= 0.6 is 24.0 Å². The van der Waals surface area contributed by atoms with Crippen LogP contribution in [0.1, 0.15) is 25.3 Å². The summed E-state index contributed by atoms with van der Waals surface area (Å²) in [5.41, 5.74) is 7.38. The molecule has 1 heterocycles. The van der Waals surface area contributed by atoms with Crippen LogP contribution in [-0.4, -0.2) is 30.5 Å². The first-order valence-electron chi connectivity index (χ1n) is 6.88. The molecule has 19 heavy (non-hydrogen) atoms. The zero-order valence-electron chi connectivity index (χ0n) is 11.6. The number of guanidine groups is 1. The quantitative estimate of drug-likeness (QED) is 0.503. The standard InChI is InChI=1S/C15H23N3.HI/c1-2-17-15(16)18-10-8-14(9-11-18)12-13-6-4-3-5-7-13;/h3-7,14H,2,8-12H2,1H3,(H2,16,17);1H. The van der Waals surface area contributed by atoms with Crippen LogP contribution in [0.15, 0.2) is 35.3 Å². The van der Waals surface area contributed by atoms with Crippen molar-refractivity contribution in [2.24, 2.45) is 16.6 Å². The van der Waals surface area contributed by atoms with Crippen molar-refractivity contribution in [3.05, 3.63) is 35.9 Å². The first-order valence-corrected chi connectivity index (χ1v) is 6.88. The number of benzene rings is 1. The summed E-state index contributed by atoms with van der Waals surface area (Å²) in [6.45, 7) is 4.89. The maximum atomic E-state index is 5.93. The van der Waals surface area contributed by atoms with E-state index in [1.54, 1.807) is 0 Å². The van der Waals surface area contributed by atoms with E-state index in [-0.39, 0.29) is 24.0 Å². The molecule has 0 spiro atoms. The smallest absolute Gasteiger partial charge is 0.191 e. The Bertz CT molecular complexity index is 384. The third-order valence-corrected chi connectivity index (χ3v) is 3.63. The summed E-state index contributed by atoms with van der Waals surface area (Å²) in [6, 6.07) is 10.8. The van der Waals surface area contributed by atoms with E-state index in [0.717, 1.165) is 31.5 Å². The summed E-state index contributed by atoms with van der Waals surface area (Å²) in [5, 5.41) is 0. The Labute approximate surface area is 133 Å². The molecule has 0 saturated carbocycles. The third-order valence-electron chi connectivity index (χ3n) is 3.63. The number of hydrogen-bond acceptors (Lipinski definition) is 1. The van der Waals surface area contributed by atoms with Crippen molar-refractivity contribution < 1.29 is 0 Å². The van der Waals surface area contributed by atoms with Gasteiger partial charge in [-0.2, -0.15) is 0 Å². The van der Waals surface area contributed by atoms with Crippen molar-refractivity contribution in [3.8, 4) is 0 Å². The lowest BCUT2D eigenvalue weighted by atomic mass is 9.90. The molecule has 0 radical (unpaired) electrons. The minimum Gasteiger partial charge on any atom is -0.370 e. The summed E-state index contributed by atoms with van der Waals surface area (Å²) in [6.07, 6.45) is 3.63. The Hall–Kier alpha value is -0.780. The lowest BCUT2D eigenvalue weighted by Crippen LogP contribution is -2.43. The van der Waals surface area contributed by atoms with Crippen molar-refractivity contribution in [2.45, 2.75) is 26.2 Å². The average Bonchev–Trinajstić information content (AvgIpc) is 2.41. The molecular weight excluding hydrogens is 349 g/mol. The highest BCUT2D eigenvalue weighted by Gasteiger charge is 2.20. The van der Waals surface area contributed by atoms with E-state index in [1.807, 2.05) is 6.92 Å². The van der Waals surface area contributed by atoms with Crippen molar-refractivity contribution in [1.82, 2.24) is 4.90 Å². The van der Waals surface area contributed by atoms with Gasteiger partial charge in [-0.05, 0) is 37.7 Å². The van der Waals surface area contributed by atoms with Crippen molar-refractivity contribution in [2.75, 3.05) is 19.6 Å². The maximum absolute atomic E-state index is 5.93. The second kappa shape index (κ2) is 8.40. The number of aliphatic imine (C=N–C) groups is 1. The van der Waals surface area contributed by atoms with E-state index in [1.165, 1.54) is 24.8 Å². The molecule has 0 amide bonds. The van der Waals surface area contributed by atoms with Gasteiger partial charge in [-0.1, -0.05) is 30.3 Å². The fraction of sp³-hybridized carbons (Fsp3) is 0.533. The summed E-state index contributed by atoms with van der Waals surface area (Å²) < 4.78 is 0. The van der Waals surface area contributed by atoms with Crippen LogP contribution in [0, 0.1) is 5.92 Å². The topological polar surface area (TPSA) is 41.6 Å². The van der Waals surface area contributed by atoms with Crippen LogP contribution < -0.4 is 5.73 Å². The van der Waals surface area contributed by atoms with Crippen molar-refractivity contribution in [3.63, 3.8) is 0 Å². The first-order chi connectivity index (χ1) is 8.79. The predicted molar refractivity (Wildman–Crippen MR) is 92.0 cm³/mol. The van der Waals surface area contributed by atoms with E-state index in [2.05, 4.69) is 40.2 Å². The molecule has 2 N–H and O–H groups in total. The zero-order chi connectivity index (χ0) is 12.8. The number of piperidine rings is 1. The lowest BCUT2D eigenvalue weighted by Gasteiger charge is -2.32. The van der Waals surface area contributed by atoms with E-state index in [0.29, 0.717) is 0 Å². The van der Waals surface area contributed by atoms with E-state index in [4.69, 9.17) is 5.73 Å². The van der Waals surface area contributed by atoms with Crippen LogP contribution in [0.5, 0.6) is 0 Å². The summed E-state index contributed by atoms with van der Waals surface area (Å²) in [5.74, 6) is 1.51. The predicted octanol–water partition coefficient (Wildman–Crippen LogP) is 2.89. The highest BCUT2D eigenvalue weighted by molar-refractivity contribution is 14.0. The molecule has 1 fully saturated rings. The normalized spacial score (nSPS) is 17.1. The highest BCUT2D eigenvalue weighted by Crippen LogP contribution is 2.21. The second-order valence-electron chi connectivity index (χ2n) is 4.95. The summed E-state index contributed by atoms with van der Waals surface area (Å²) >= 11 is 0. The SMILES string of the molecule is CCN=C(N)N1CCC(Cc2ccccc2)CC1.I. The fourth-order valence-electron chi connectivity index (χ4n) is 2.58. The molecule has 0 bridgehead atoms. The summed E-state index contributed by atoms with van der Waals surface area (Å²) in [7, 11) is 0. The second-order valence-corrected chi connectivity index (χ2v) is 4.95. The number of halogens is 1. The van der Waals surface area contributed by atoms with Gasteiger partial charge in [-0.15, -0.1) is 24.0 Å². The van der Waals surface area contributed by atoms with Gasteiger partial charge in [-0.3, -0.25) is 4.99 Å². The van der Waals surface area contributed by atoms with E-state index in [9.17, 15) is 0 Å². The molecule has 3 nitrogen and oxygen atoms in total. The van der Waals surface area contributed by atoms with Crippen molar-refractivity contribution in [1.29, 1.82) is 0 Å². The molecule has 0 aromatic heterocycles. The van der Waals surface area contributed by atoms with Gasteiger partial charge in [0, 0.05) is 19.6 Å². The molecule has 1 aliphatic heterocycles. The van der Waals surface area contributed by atoms with Crippen LogP contribution in [0.4, 0.5) is 0 Å². The van der Waals surface area contributed by atoms with Gasteiger partial charge in [0.25, 0.3) is 0 Å². The molecule has 0 aliphatic carbocycles. The van der Waals surface area contributed by atoms with Crippen LogP contribution in [0.25, 0.3) is 0 Å². The Morgan fingerprint density at radius 3 is 2.47 bits per heavy atom. The molecule has 1 aromatic carbocycles. The first kappa shape index (κ1) is 16.3. The zero-order valence-corrected chi connectivity index (χ0v) is 13.9. The van der Waals surface area contributed by atoms with Gasteiger partial charge >= 0.3 is 0 Å². The van der Waals surface area contributed by atoms with Gasteiger partial charge in [0.05, 0.1) is 0 Å². The third kappa shape index (κ3) is 5.01. The fourth-order valence-corrected chi connectivity index (χ4v) is 2.58. The Morgan fingerprint density at radius 1 is 1.26 bits per heavy atom. The minimum absolute atomic E-state index is 0. The molecule has 1 aliphatic rings.